The van der Waals surface area contributed by atoms with E-state index in [1.165, 1.54) is 12.1 Å². The summed E-state index contributed by atoms with van der Waals surface area (Å²) in [5, 5.41) is 8.58. The molecule has 2 rings (SSSR count). The smallest absolute Gasteiger partial charge is 0.264 e. The fourth-order valence-electron chi connectivity index (χ4n) is 2.18. The first-order valence-electron chi connectivity index (χ1n) is 5.72. The van der Waals surface area contributed by atoms with Crippen LogP contribution in [0.4, 0.5) is 5.82 Å². The van der Waals surface area contributed by atoms with Gasteiger partial charge in [-0.15, -0.1) is 0 Å². The van der Waals surface area contributed by atoms with Crippen molar-refractivity contribution in [2.45, 2.75) is 37.6 Å². The number of amides is 1. The van der Waals surface area contributed by atoms with Crippen molar-refractivity contribution in [2.75, 3.05) is 5.32 Å². The lowest BCUT2D eigenvalue weighted by atomic mass is 9.94. The summed E-state index contributed by atoms with van der Waals surface area (Å²) in [5.74, 6) is 0.185. The molecule has 1 aliphatic rings. The number of hydrogen-bond acceptors (Lipinski definition) is 4. The summed E-state index contributed by atoms with van der Waals surface area (Å²) in [7, 11) is 0. The van der Waals surface area contributed by atoms with Crippen LogP contribution in [0.3, 0.4) is 0 Å². The highest BCUT2D eigenvalue weighted by atomic mass is 16.2. The van der Waals surface area contributed by atoms with Crippen molar-refractivity contribution in [3.63, 3.8) is 0 Å². The molecule has 0 spiro atoms. The van der Waals surface area contributed by atoms with E-state index in [1.807, 2.05) is 0 Å². The molecule has 1 saturated carbocycles. The number of nitrogens with one attached hydrogen (secondary N) is 2. The molecule has 0 unspecified atom stereocenters. The number of aromatic nitrogens is 2. The van der Waals surface area contributed by atoms with Gasteiger partial charge in [0, 0.05) is 18.0 Å². The number of carbonyl (C=O) groups excluding carboxylic acids is 1. The number of anilines is 1. The van der Waals surface area contributed by atoms with Gasteiger partial charge >= 0.3 is 0 Å². The first kappa shape index (κ1) is 11.8. The zero-order valence-electron chi connectivity index (χ0n) is 9.53. The van der Waals surface area contributed by atoms with Crippen molar-refractivity contribution in [2.24, 2.45) is 5.73 Å². The predicted octanol–water partition coefficient (Wildman–Crippen LogP) is 0.370. The Morgan fingerprint density at radius 1 is 1.47 bits per heavy atom. The largest absolute Gasteiger partial charge is 0.325 e. The standard InChI is InChI=1S/C11H16N4O2/c12-11(5-1-2-6-11)7-10(17)13-8-3-4-9(16)15-14-8/h3-4H,1-2,5-7,12H2,(H,15,16)(H,13,14,17). The molecule has 92 valence electrons. The van der Waals surface area contributed by atoms with Crippen molar-refractivity contribution in [3.8, 4) is 0 Å². The van der Waals surface area contributed by atoms with Crippen LogP contribution in [0.15, 0.2) is 16.9 Å². The van der Waals surface area contributed by atoms with Gasteiger partial charge in [0.15, 0.2) is 5.82 Å². The lowest BCUT2D eigenvalue weighted by Gasteiger charge is -2.22. The van der Waals surface area contributed by atoms with Crippen LogP contribution in [0.5, 0.6) is 0 Å². The summed E-state index contributed by atoms with van der Waals surface area (Å²) in [4.78, 5) is 22.5. The fourth-order valence-corrected chi connectivity index (χ4v) is 2.18. The second-order valence-electron chi connectivity index (χ2n) is 4.60. The van der Waals surface area contributed by atoms with Crippen LogP contribution in [0.1, 0.15) is 32.1 Å². The molecular formula is C11H16N4O2. The van der Waals surface area contributed by atoms with E-state index >= 15 is 0 Å². The van der Waals surface area contributed by atoms with Crippen LogP contribution in [-0.2, 0) is 4.79 Å². The molecule has 1 amide bonds. The molecule has 17 heavy (non-hydrogen) atoms. The van der Waals surface area contributed by atoms with E-state index in [9.17, 15) is 9.59 Å². The molecule has 1 aliphatic carbocycles. The van der Waals surface area contributed by atoms with E-state index in [1.54, 1.807) is 0 Å². The van der Waals surface area contributed by atoms with E-state index in [-0.39, 0.29) is 17.0 Å². The van der Waals surface area contributed by atoms with E-state index in [4.69, 9.17) is 5.73 Å². The van der Waals surface area contributed by atoms with Gasteiger partial charge in [0.05, 0.1) is 0 Å². The van der Waals surface area contributed by atoms with Crippen molar-refractivity contribution < 1.29 is 4.79 Å². The third-order valence-electron chi connectivity index (χ3n) is 3.06. The Balaban J connectivity index is 1.93. The molecule has 1 heterocycles. The summed E-state index contributed by atoms with van der Waals surface area (Å²) in [6.07, 6.45) is 4.24. The molecule has 0 aromatic carbocycles. The minimum absolute atomic E-state index is 0.158. The molecule has 1 aromatic rings. The van der Waals surface area contributed by atoms with Gasteiger partial charge in [-0.3, -0.25) is 9.59 Å². The highest BCUT2D eigenvalue weighted by Crippen LogP contribution is 2.30. The molecule has 1 fully saturated rings. The molecule has 0 radical (unpaired) electrons. The fraction of sp³-hybridized carbons (Fsp3) is 0.545. The summed E-state index contributed by atoms with van der Waals surface area (Å²) in [6, 6.07) is 2.78. The zero-order valence-corrected chi connectivity index (χ0v) is 9.53. The maximum Gasteiger partial charge on any atom is 0.264 e. The zero-order chi connectivity index (χ0) is 12.3. The molecular weight excluding hydrogens is 220 g/mol. The molecule has 4 N–H and O–H groups in total. The Hall–Kier alpha value is -1.69. The Bertz CT molecular complexity index is 442. The maximum absolute atomic E-state index is 11.7. The lowest BCUT2D eigenvalue weighted by molar-refractivity contribution is -0.117. The Labute approximate surface area is 98.6 Å². The Morgan fingerprint density at radius 2 is 2.18 bits per heavy atom. The van der Waals surface area contributed by atoms with Crippen LogP contribution < -0.4 is 16.6 Å². The van der Waals surface area contributed by atoms with Crippen LogP contribution in [-0.4, -0.2) is 21.6 Å². The van der Waals surface area contributed by atoms with E-state index < -0.39 is 0 Å². The second kappa shape index (κ2) is 4.67. The second-order valence-corrected chi connectivity index (χ2v) is 4.60. The minimum Gasteiger partial charge on any atom is -0.325 e. The number of nitrogens with two attached hydrogens (primary N) is 1. The molecule has 1 aromatic heterocycles. The predicted molar refractivity (Wildman–Crippen MR) is 63.5 cm³/mol. The molecule has 6 nitrogen and oxygen atoms in total. The number of H-pyrrole nitrogens is 1. The van der Waals surface area contributed by atoms with Crippen LogP contribution >= 0.6 is 0 Å². The highest BCUT2D eigenvalue weighted by Gasteiger charge is 2.31. The highest BCUT2D eigenvalue weighted by molar-refractivity contribution is 5.90. The topological polar surface area (TPSA) is 101 Å². The van der Waals surface area contributed by atoms with Gasteiger partial charge in [-0.05, 0) is 18.9 Å². The molecule has 0 bridgehead atoms. The summed E-state index contributed by atoms with van der Waals surface area (Å²) >= 11 is 0. The van der Waals surface area contributed by atoms with E-state index in [0.717, 1.165) is 25.7 Å². The quantitative estimate of drug-likeness (QED) is 0.705. The van der Waals surface area contributed by atoms with Crippen molar-refractivity contribution in [1.82, 2.24) is 10.2 Å². The minimum atomic E-state index is -0.369. The monoisotopic (exact) mass is 236 g/mol. The number of hydrogen-bond donors (Lipinski definition) is 3. The maximum atomic E-state index is 11.7. The normalized spacial score (nSPS) is 17.9. The summed E-state index contributed by atoms with van der Waals surface area (Å²) < 4.78 is 0. The number of carbonyl (C=O) groups is 1. The van der Waals surface area contributed by atoms with E-state index in [0.29, 0.717) is 12.2 Å². The molecule has 6 heteroatoms. The van der Waals surface area contributed by atoms with Gasteiger partial charge in [-0.25, -0.2) is 5.10 Å². The van der Waals surface area contributed by atoms with Gasteiger partial charge in [0.1, 0.15) is 0 Å². The van der Waals surface area contributed by atoms with Crippen molar-refractivity contribution >= 4 is 11.7 Å². The van der Waals surface area contributed by atoms with E-state index in [2.05, 4.69) is 15.5 Å². The third-order valence-corrected chi connectivity index (χ3v) is 3.06. The number of nitrogens with zero attached hydrogens (tertiary/aromatic N) is 1. The molecule has 0 saturated heterocycles. The van der Waals surface area contributed by atoms with Gasteiger partial charge in [0.2, 0.25) is 5.91 Å². The molecule has 0 aliphatic heterocycles. The van der Waals surface area contributed by atoms with Gasteiger partial charge in [0.25, 0.3) is 5.56 Å². The van der Waals surface area contributed by atoms with Gasteiger partial charge < -0.3 is 11.1 Å². The average Bonchev–Trinajstić information content (AvgIpc) is 2.68. The van der Waals surface area contributed by atoms with Gasteiger partial charge in [-0.2, -0.15) is 5.10 Å². The molecule has 0 atom stereocenters. The number of aromatic amines is 1. The third kappa shape index (κ3) is 3.13. The summed E-state index contributed by atoms with van der Waals surface area (Å²) in [5.41, 5.74) is 5.43. The van der Waals surface area contributed by atoms with Crippen LogP contribution in [0, 0.1) is 0 Å². The summed E-state index contributed by atoms with van der Waals surface area (Å²) in [6.45, 7) is 0. The van der Waals surface area contributed by atoms with Gasteiger partial charge in [-0.1, -0.05) is 12.8 Å². The first-order chi connectivity index (χ1) is 8.07. The SMILES string of the molecule is NC1(CC(=O)Nc2ccc(=O)[nH]n2)CCCC1. The Kier molecular flexibility index (Phi) is 3.23. The first-order valence-corrected chi connectivity index (χ1v) is 5.72. The lowest BCUT2D eigenvalue weighted by Crippen LogP contribution is -2.40. The van der Waals surface area contributed by atoms with Crippen LogP contribution in [0.25, 0.3) is 0 Å². The van der Waals surface area contributed by atoms with Crippen molar-refractivity contribution in [3.05, 3.63) is 22.5 Å². The number of rotatable bonds is 3. The average molecular weight is 236 g/mol. The van der Waals surface area contributed by atoms with Crippen LogP contribution in [0.2, 0.25) is 0 Å². The Morgan fingerprint density at radius 3 is 2.76 bits per heavy atom. The van der Waals surface area contributed by atoms with Crippen molar-refractivity contribution in [1.29, 1.82) is 0 Å².